The van der Waals surface area contributed by atoms with Crippen LogP contribution in [0.5, 0.6) is 0 Å². The van der Waals surface area contributed by atoms with Crippen molar-refractivity contribution in [3.63, 3.8) is 0 Å². The number of imidazole rings is 1. The van der Waals surface area contributed by atoms with Gasteiger partial charge in [-0.2, -0.15) is 0 Å². The summed E-state index contributed by atoms with van der Waals surface area (Å²) in [5.74, 6) is -0.936. The van der Waals surface area contributed by atoms with E-state index in [0.717, 1.165) is 27.9 Å². The minimum Gasteiger partial charge on any atom is -0.478 e. The second-order valence-corrected chi connectivity index (χ2v) is 4.91. The van der Waals surface area contributed by atoms with E-state index in [9.17, 15) is 9.90 Å². The Kier molecular flexibility index (Phi) is 2.35. The zero-order valence-electron chi connectivity index (χ0n) is 11.1. The minimum atomic E-state index is -0.936. The second kappa shape index (κ2) is 3.82. The highest BCUT2D eigenvalue weighted by atomic mass is 16.4. The van der Waals surface area contributed by atoms with Gasteiger partial charge in [-0.05, 0) is 50.1 Å². The van der Waals surface area contributed by atoms with Crippen LogP contribution in [0.2, 0.25) is 0 Å². The van der Waals surface area contributed by atoms with Crippen molar-refractivity contribution in [3.8, 4) is 0 Å². The summed E-state index contributed by atoms with van der Waals surface area (Å²) in [4.78, 5) is 15.9. The Hall–Kier alpha value is -2.36. The molecule has 0 aliphatic carbocycles. The van der Waals surface area contributed by atoms with Gasteiger partial charge >= 0.3 is 5.97 Å². The molecule has 2 aromatic heterocycles. The molecule has 0 radical (unpaired) electrons. The van der Waals surface area contributed by atoms with Gasteiger partial charge in [0.1, 0.15) is 5.56 Å². The maximum atomic E-state index is 11.4. The molecule has 0 aliphatic rings. The first-order chi connectivity index (χ1) is 8.99. The lowest BCUT2D eigenvalue weighted by Crippen LogP contribution is -2.06. The topological polar surface area (TPSA) is 54.6 Å². The van der Waals surface area contributed by atoms with Crippen molar-refractivity contribution in [1.82, 2.24) is 9.38 Å². The third kappa shape index (κ3) is 1.60. The molecule has 2 heterocycles. The first-order valence-corrected chi connectivity index (χ1v) is 6.11. The molecule has 0 amide bonds. The monoisotopic (exact) mass is 254 g/mol. The zero-order valence-corrected chi connectivity index (χ0v) is 11.1. The number of benzene rings is 1. The second-order valence-electron chi connectivity index (χ2n) is 4.91. The standard InChI is InChI=1S/C15H14N2O2/c1-8-4-5-11-12(6-8)17-10(3)7-9(2)13(15(18)19)14(17)16-11/h4-7H,1-3H3,(H,18,19). The van der Waals surface area contributed by atoms with Gasteiger partial charge < -0.3 is 5.11 Å². The van der Waals surface area contributed by atoms with Crippen LogP contribution in [0.1, 0.15) is 27.2 Å². The zero-order chi connectivity index (χ0) is 13.7. The van der Waals surface area contributed by atoms with Crippen LogP contribution in [-0.4, -0.2) is 20.5 Å². The average molecular weight is 254 g/mol. The van der Waals surface area contributed by atoms with E-state index in [1.54, 1.807) is 6.92 Å². The van der Waals surface area contributed by atoms with Gasteiger partial charge in [0.25, 0.3) is 0 Å². The Morgan fingerprint density at radius 2 is 1.95 bits per heavy atom. The molecule has 0 aliphatic heterocycles. The van der Waals surface area contributed by atoms with Crippen LogP contribution in [0.25, 0.3) is 16.7 Å². The van der Waals surface area contributed by atoms with Gasteiger partial charge in [-0.15, -0.1) is 0 Å². The van der Waals surface area contributed by atoms with Gasteiger partial charge in [0.2, 0.25) is 0 Å². The summed E-state index contributed by atoms with van der Waals surface area (Å²) in [6.45, 7) is 5.79. The molecular formula is C15H14N2O2. The molecule has 4 nitrogen and oxygen atoms in total. The molecule has 0 spiro atoms. The van der Waals surface area contributed by atoms with Crippen molar-refractivity contribution < 1.29 is 9.90 Å². The number of carbonyl (C=O) groups is 1. The Balaban J connectivity index is 2.60. The summed E-state index contributed by atoms with van der Waals surface area (Å²) in [6, 6.07) is 7.83. The number of fused-ring (bicyclic) bond motifs is 3. The Labute approximate surface area is 110 Å². The number of aromatic carboxylic acids is 1. The van der Waals surface area contributed by atoms with Crippen LogP contribution in [0.15, 0.2) is 24.3 Å². The normalized spacial score (nSPS) is 11.3. The predicted octanol–water partition coefficient (Wildman–Crippen LogP) is 3.11. The average Bonchev–Trinajstić information content (AvgIpc) is 2.66. The van der Waals surface area contributed by atoms with Crippen molar-refractivity contribution >= 4 is 22.6 Å². The van der Waals surface area contributed by atoms with Crippen molar-refractivity contribution in [1.29, 1.82) is 0 Å². The molecule has 4 heteroatoms. The summed E-state index contributed by atoms with van der Waals surface area (Å²) >= 11 is 0. The highest BCUT2D eigenvalue weighted by Gasteiger charge is 2.18. The van der Waals surface area contributed by atoms with Gasteiger partial charge in [-0.1, -0.05) is 6.07 Å². The Morgan fingerprint density at radius 1 is 1.21 bits per heavy atom. The number of carboxylic acid groups (broad SMARTS) is 1. The smallest absolute Gasteiger partial charge is 0.339 e. The minimum absolute atomic E-state index is 0.277. The van der Waals surface area contributed by atoms with Crippen LogP contribution in [0.3, 0.4) is 0 Å². The summed E-state index contributed by atoms with van der Waals surface area (Å²) in [5.41, 5.74) is 5.43. The molecule has 0 bridgehead atoms. The van der Waals surface area contributed by atoms with Gasteiger partial charge in [-0.25, -0.2) is 9.78 Å². The number of nitrogens with zero attached hydrogens (tertiary/aromatic N) is 2. The lowest BCUT2D eigenvalue weighted by molar-refractivity contribution is 0.0697. The van der Waals surface area contributed by atoms with E-state index in [2.05, 4.69) is 4.98 Å². The third-order valence-corrected chi connectivity index (χ3v) is 3.42. The molecule has 0 atom stereocenters. The van der Waals surface area contributed by atoms with E-state index in [4.69, 9.17) is 0 Å². The highest BCUT2D eigenvalue weighted by molar-refractivity contribution is 5.98. The van der Waals surface area contributed by atoms with Crippen molar-refractivity contribution in [2.45, 2.75) is 20.8 Å². The molecular weight excluding hydrogens is 240 g/mol. The maximum absolute atomic E-state index is 11.4. The van der Waals surface area contributed by atoms with Gasteiger partial charge in [0, 0.05) is 5.69 Å². The van der Waals surface area contributed by atoms with Gasteiger partial charge in [-0.3, -0.25) is 4.40 Å². The van der Waals surface area contributed by atoms with Crippen LogP contribution >= 0.6 is 0 Å². The maximum Gasteiger partial charge on any atom is 0.339 e. The summed E-state index contributed by atoms with van der Waals surface area (Å²) in [7, 11) is 0. The van der Waals surface area contributed by atoms with E-state index < -0.39 is 5.97 Å². The van der Waals surface area contributed by atoms with Crippen LogP contribution in [-0.2, 0) is 0 Å². The molecule has 0 unspecified atom stereocenters. The van der Waals surface area contributed by atoms with Crippen molar-refractivity contribution in [2.75, 3.05) is 0 Å². The molecule has 3 rings (SSSR count). The van der Waals surface area contributed by atoms with Crippen molar-refractivity contribution in [3.05, 3.63) is 46.6 Å². The molecule has 3 aromatic rings. The molecule has 19 heavy (non-hydrogen) atoms. The fraction of sp³-hybridized carbons (Fsp3) is 0.200. The number of pyridine rings is 1. The van der Waals surface area contributed by atoms with Gasteiger partial charge in [0.15, 0.2) is 5.65 Å². The molecule has 0 saturated heterocycles. The number of aromatic nitrogens is 2. The number of aryl methyl sites for hydroxylation is 3. The Bertz CT molecular complexity index is 831. The molecule has 1 aromatic carbocycles. The lowest BCUT2D eigenvalue weighted by atomic mass is 10.1. The fourth-order valence-corrected chi connectivity index (χ4v) is 2.60. The van der Waals surface area contributed by atoms with Crippen LogP contribution in [0.4, 0.5) is 0 Å². The number of hydrogen-bond acceptors (Lipinski definition) is 2. The predicted molar refractivity (Wildman–Crippen MR) is 73.9 cm³/mol. The van der Waals surface area contributed by atoms with Crippen LogP contribution < -0.4 is 0 Å². The summed E-state index contributed by atoms with van der Waals surface area (Å²) < 4.78 is 1.92. The molecule has 96 valence electrons. The first-order valence-electron chi connectivity index (χ1n) is 6.11. The van der Waals surface area contributed by atoms with E-state index in [-0.39, 0.29) is 5.56 Å². The summed E-state index contributed by atoms with van der Waals surface area (Å²) in [5, 5.41) is 9.38. The summed E-state index contributed by atoms with van der Waals surface area (Å²) in [6.07, 6.45) is 0. The fourth-order valence-electron chi connectivity index (χ4n) is 2.60. The van der Waals surface area contributed by atoms with E-state index in [1.807, 2.05) is 42.5 Å². The largest absolute Gasteiger partial charge is 0.478 e. The highest BCUT2D eigenvalue weighted by Crippen LogP contribution is 2.24. The lowest BCUT2D eigenvalue weighted by Gasteiger charge is -2.07. The van der Waals surface area contributed by atoms with E-state index >= 15 is 0 Å². The molecule has 1 N–H and O–H groups in total. The first kappa shape index (κ1) is 11.7. The molecule has 0 saturated carbocycles. The van der Waals surface area contributed by atoms with Crippen LogP contribution in [0, 0.1) is 20.8 Å². The van der Waals surface area contributed by atoms with Crippen molar-refractivity contribution in [2.24, 2.45) is 0 Å². The SMILES string of the molecule is Cc1ccc2nc3c(C(=O)O)c(C)cc(C)n3c2c1. The van der Waals surface area contributed by atoms with E-state index in [0.29, 0.717) is 5.65 Å². The van der Waals surface area contributed by atoms with Gasteiger partial charge in [0.05, 0.1) is 11.0 Å². The number of hydrogen-bond donors (Lipinski definition) is 1. The molecule has 0 fully saturated rings. The third-order valence-electron chi connectivity index (χ3n) is 3.42. The quantitative estimate of drug-likeness (QED) is 0.726. The van der Waals surface area contributed by atoms with E-state index in [1.165, 1.54) is 0 Å². The Morgan fingerprint density at radius 3 is 2.63 bits per heavy atom. The number of carboxylic acids is 1. The number of rotatable bonds is 1.